The Morgan fingerprint density at radius 2 is 2.40 bits per heavy atom. The van der Waals surface area contributed by atoms with Crippen molar-refractivity contribution in [3.8, 4) is 11.5 Å². The average Bonchev–Trinajstić information content (AvgIpc) is 2.75. The summed E-state index contributed by atoms with van der Waals surface area (Å²) >= 11 is 0. The van der Waals surface area contributed by atoms with Gasteiger partial charge in [0.15, 0.2) is 11.5 Å². The van der Waals surface area contributed by atoms with Gasteiger partial charge in [0.25, 0.3) is 0 Å². The summed E-state index contributed by atoms with van der Waals surface area (Å²) in [6, 6.07) is 5.80. The predicted molar refractivity (Wildman–Crippen MR) is 59.4 cm³/mol. The molecule has 0 spiro atoms. The van der Waals surface area contributed by atoms with Gasteiger partial charge in [-0.15, -0.1) is 0 Å². The number of likely N-dealkylation sites (N-methyl/N-ethyl adjacent to an activating group) is 1. The Morgan fingerprint density at radius 3 is 3.27 bits per heavy atom. The Bertz CT molecular complexity index is 414. The van der Waals surface area contributed by atoms with E-state index in [0.29, 0.717) is 0 Å². The van der Waals surface area contributed by atoms with Crippen LogP contribution in [0.5, 0.6) is 11.5 Å². The number of hydrogen-bond donors (Lipinski definition) is 1. The van der Waals surface area contributed by atoms with Crippen LogP contribution in [0.1, 0.15) is 23.5 Å². The summed E-state index contributed by atoms with van der Waals surface area (Å²) < 4.78 is 32.3. The van der Waals surface area contributed by atoms with Gasteiger partial charge in [-0.2, -0.15) is 0 Å². The van der Waals surface area contributed by atoms with Gasteiger partial charge in [0.1, 0.15) is 0 Å². The van der Waals surface area contributed by atoms with E-state index in [-0.39, 0.29) is 12.8 Å². The molecule has 1 aliphatic heterocycles. The fraction of sp³-hybridized carbons (Fsp3) is 0.500. The lowest BCUT2D eigenvalue weighted by Crippen LogP contribution is -2.27. The molecule has 1 aliphatic rings. The molecule has 3 heteroatoms. The quantitative estimate of drug-likeness (QED) is 0.824. The van der Waals surface area contributed by atoms with Crippen LogP contribution in [0.2, 0.25) is 0 Å². The van der Waals surface area contributed by atoms with Crippen LogP contribution in [-0.2, 0) is 6.42 Å². The molecular formula is C12H17NO2. The lowest BCUT2D eigenvalue weighted by atomic mass is 10.1. The first kappa shape index (κ1) is 7.12. The zero-order chi connectivity index (χ0) is 13.1. The minimum atomic E-state index is -1.18. The first-order chi connectivity index (χ1) is 8.56. The Kier molecular flexibility index (Phi) is 2.15. The second kappa shape index (κ2) is 4.53. The molecule has 2 unspecified atom stereocenters. The van der Waals surface area contributed by atoms with Crippen molar-refractivity contribution in [3.63, 3.8) is 0 Å². The minimum Gasteiger partial charge on any atom is -0.454 e. The van der Waals surface area contributed by atoms with Crippen LogP contribution >= 0.6 is 0 Å². The molecule has 3 nitrogen and oxygen atoms in total. The van der Waals surface area contributed by atoms with Crippen LogP contribution < -0.4 is 14.8 Å². The van der Waals surface area contributed by atoms with E-state index in [9.17, 15) is 0 Å². The van der Waals surface area contributed by atoms with Crippen LogP contribution in [-0.4, -0.2) is 19.4 Å². The van der Waals surface area contributed by atoms with Gasteiger partial charge in [-0.3, -0.25) is 0 Å². The Hall–Kier alpha value is -1.22. The highest BCUT2D eigenvalue weighted by molar-refractivity contribution is 5.44. The molecule has 0 saturated carbocycles. The lowest BCUT2D eigenvalue weighted by molar-refractivity contribution is 0.174. The van der Waals surface area contributed by atoms with Crippen LogP contribution in [0.3, 0.4) is 0 Å². The number of hydrogen-bond acceptors (Lipinski definition) is 3. The highest BCUT2D eigenvalue weighted by atomic mass is 16.7. The summed E-state index contributed by atoms with van der Waals surface area (Å²) in [6.45, 7) is 0.146. The number of rotatable bonds is 4. The van der Waals surface area contributed by atoms with Crippen molar-refractivity contribution in [3.05, 3.63) is 23.8 Å². The third-order valence-corrected chi connectivity index (χ3v) is 2.36. The molecule has 0 fully saturated rings. The zero-order valence-electron chi connectivity index (χ0n) is 11.7. The minimum absolute atomic E-state index is 0.0334. The van der Waals surface area contributed by atoms with Crippen molar-refractivity contribution in [2.75, 3.05) is 13.3 Å². The molecule has 1 aromatic carbocycles. The first-order valence-corrected chi connectivity index (χ1v) is 4.97. The van der Waals surface area contributed by atoms with Gasteiger partial charge in [-0.1, -0.05) is 12.9 Å². The number of nitrogens with one attached hydrogen (secondary N) is 1. The van der Waals surface area contributed by atoms with Gasteiger partial charge in [0, 0.05) is 10.2 Å². The molecule has 82 valence electrons. The molecule has 2 atom stereocenters. The van der Waals surface area contributed by atoms with E-state index in [4.69, 9.17) is 13.6 Å². The van der Waals surface area contributed by atoms with Gasteiger partial charge in [0.05, 0.1) is 0 Å². The van der Waals surface area contributed by atoms with Gasteiger partial charge >= 0.3 is 0 Å². The molecule has 1 N–H and O–H groups in total. The smallest absolute Gasteiger partial charge is 0.231 e. The Morgan fingerprint density at radius 1 is 1.53 bits per heavy atom. The molecule has 0 aromatic heterocycles. The maximum atomic E-state index is 7.51. The molecule has 15 heavy (non-hydrogen) atoms. The summed E-state index contributed by atoms with van der Waals surface area (Å²) in [6.07, 6.45) is 0.721. The second-order valence-corrected chi connectivity index (χ2v) is 3.63. The maximum absolute atomic E-state index is 7.51. The van der Waals surface area contributed by atoms with Crippen LogP contribution in [0.4, 0.5) is 0 Å². The molecule has 1 aromatic rings. The van der Waals surface area contributed by atoms with Gasteiger partial charge < -0.3 is 14.8 Å². The highest BCUT2D eigenvalue weighted by Gasteiger charge is 2.13. The van der Waals surface area contributed by atoms with E-state index in [0.717, 1.165) is 23.5 Å². The average molecular weight is 210 g/mol. The van der Waals surface area contributed by atoms with Crippen LogP contribution in [0.25, 0.3) is 0 Å². The molecule has 0 bridgehead atoms. The van der Waals surface area contributed by atoms with Crippen molar-refractivity contribution < 1.29 is 13.6 Å². The monoisotopic (exact) mass is 210 g/mol. The Balaban J connectivity index is 1.93. The molecule has 0 aliphatic carbocycles. The third-order valence-electron chi connectivity index (χ3n) is 2.36. The zero-order valence-corrected chi connectivity index (χ0v) is 8.69. The second-order valence-electron chi connectivity index (χ2n) is 3.63. The molecule has 0 radical (unpaired) electrons. The lowest BCUT2D eigenvalue weighted by Gasteiger charge is -2.12. The first-order valence-electron chi connectivity index (χ1n) is 6.71. The van der Waals surface area contributed by atoms with E-state index in [2.05, 4.69) is 5.32 Å². The van der Waals surface area contributed by atoms with Crippen LogP contribution in [0.15, 0.2) is 18.2 Å². The van der Waals surface area contributed by atoms with Crippen molar-refractivity contribution >= 4 is 0 Å². The summed E-state index contributed by atoms with van der Waals surface area (Å²) in [5.41, 5.74) is 1.08. The van der Waals surface area contributed by atoms with E-state index < -0.39 is 13.4 Å². The maximum Gasteiger partial charge on any atom is 0.231 e. The van der Waals surface area contributed by atoms with Gasteiger partial charge in [0.2, 0.25) is 6.79 Å². The molecule has 0 amide bonds. The van der Waals surface area contributed by atoms with E-state index >= 15 is 0 Å². The van der Waals surface area contributed by atoms with Crippen molar-refractivity contribution in [2.24, 2.45) is 0 Å². The summed E-state index contributed by atoms with van der Waals surface area (Å²) in [7, 11) is 0. The van der Waals surface area contributed by atoms with Gasteiger partial charge in [-0.05, 0) is 37.6 Å². The van der Waals surface area contributed by atoms with E-state index in [1.54, 1.807) is 0 Å². The van der Waals surface area contributed by atoms with Crippen molar-refractivity contribution in [1.29, 1.82) is 0 Å². The SMILES string of the molecule is [2H]C([2H])C([2H])NC(C)Cc1ccc2c(c1)OCO2. The molecular weight excluding hydrogens is 190 g/mol. The predicted octanol–water partition coefficient (Wildman–Crippen LogP) is 1.96. The van der Waals surface area contributed by atoms with Gasteiger partial charge in [-0.25, -0.2) is 0 Å². The largest absolute Gasteiger partial charge is 0.454 e. The van der Waals surface area contributed by atoms with Crippen molar-refractivity contribution in [1.82, 2.24) is 5.32 Å². The summed E-state index contributed by atoms with van der Waals surface area (Å²) in [5.74, 6) is 1.51. The fourth-order valence-corrected chi connectivity index (χ4v) is 1.64. The summed E-state index contributed by atoms with van der Waals surface area (Å²) in [5, 5.41) is 2.92. The molecule has 0 saturated heterocycles. The normalized spacial score (nSPS) is 20.5. The Labute approximate surface area is 94.6 Å². The number of fused-ring (bicyclic) bond motifs is 1. The standard InChI is InChI=1S/C12H17NO2/c1-3-13-9(2)6-10-4-5-11-12(7-10)15-8-14-11/h4-5,7,9,13H,3,6,8H2,1-2H3/i1D2,3D. The topological polar surface area (TPSA) is 30.5 Å². The van der Waals surface area contributed by atoms with E-state index in [1.165, 1.54) is 0 Å². The molecule has 2 rings (SSSR count). The number of benzene rings is 1. The fourth-order valence-electron chi connectivity index (χ4n) is 1.64. The summed E-state index contributed by atoms with van der Waals surface area (Å²) in [4.78, 5) is 0. The van der Waals surface area contributed by atoms with Crippen molar-refractivity contribution in [2.45, 2.75) is 26.3 Å². The van der Waals surface area contributed by atoms with E-state index in [1.807, 2.05) is 25.1 Å². The highest BCUT2D eigenvalue weighted by Crippen LogP contribution is 2.32. The number of ether oxygens (including phenoxy) is 2. The molecule has 1 heterocycles. The van der Waals surface area contributed by atoms with Crippen LogP contribution in [0, 0.1) is 0 Å². The third kappa shape index (κ3) is 2.42.